The molecule has 0 heterocycles. The van der Waals surface area contributed by atoms with Crippen LogP contribution in [0.15, 0.2) is 24.3 Å². The van der Waals surface area contributed by atoms with Gasteiger partial charge in [0.05, 0.1) is 17.7 Å². The van der Waals surface area contributed by atoms with Gasteiger partial charge in [-0.25, -0.2) is 9.59 Å². The molecule has 1 aromatic carbocycles. The molecule has 152 valence electrons. The van der Waals surface area contributed by atoms with Crippen molar-refractivity contribution in [3.05, 3.63) is 35.4 Å². The van der Waals surface area contributed by atoms with Gasteiger partial charge in [0, 0.05) is 0 Å². The van der Waals surface area contributed by atoms with Gasteiger partial charge < -0.3 is 9.47 Å². The zero-order valence-corrected chi connectivity index (χ0v) is 16.5. The second-order valence-corrected chi connectivity index (χ2v) is 7.80. The molecule has 0 aliphatic carbocycles. The minimum atomic E-state index is -4.22. The summed E-state index contributed by atoms with van der Waals surface area (Å²) in [5, 5.41) is 0. The van der Waals surface area contributed by atoms with E-state index < -0.39 is 34.4 Å². The topological polar surface area (TPSA) is 107 Å². The van der Waals surface area contributed by atoms with Crippen LogP contribution in [0.3, 0.4) is 0 Å². The van der Waals surface area contributed by atoms with Crippen LogP contribution in [0.1, 0.15) is 72.6 Å². The molecular weight excluding hydrogens is 372 g/mol. The Balaban J connectivity index is 2.45. The Bertz CT molecular complexity index is 698. The van der Waals surface area contributed by atoms with Crippen LogP contribution >= 0.6 is 0 Å². The van der Waals surface area contributed by atoms with Crippen molar-refractivity contribution in [1.82, 2.24) is 0 Å². The SMILES string of the molecule is CCCCCCCCCOC(=O)c1ccccc1C(=O)OCCS(=O)(=O)O. The second kappa shape index (κ2) is 12.5. The molecule has 0 saturated heterocycles. The van der Waals surface area contributed by atoms with Gasteiger partial charge in [-0.3, -0.25) is 4.55 Å². The van der Waals surface area contributed by atoms with Crippen molar-refractivity contribution in [3.63, 3.8) is 0 Å². The third kappa shape index (κ3) is 10.1. The number of rotatable bonds is 13. The largest absolute Gasteiger partial charge is 0.462 e. The Hall–Kier alpha value is -1.93. The molecule has 0 saturated carbocycles. The summed E-state index contributed by atoms with van der Waals surface area (Å²) in [4.78, 5) is 24.3. The maximum atomic E-state index is 12.2. The molecule has 0 atom stereocenters. The van der Waals surface area contributed by atoms with Crippen molar-refractivity contribution in [2.45, 2.75) is 51.9 Å². The normalized spacial score (nSPS) is 11.2. The van der Waals surface area contributed by atoms with E-state index in [1.54, 1.807) is 12.1 Å². The molecule has 0 spiro atoms. The predicted molar refractivity (Wildman–Crippen MR) is 101 cm³/mol. The fourth-order valence-corrected chi connectivity index (χ4v) is 2.75. The minimum Gasteiger partial charge on any atom is -0.462 e. The Morgan fingerprint density at radius 3 is 1.85 bits per heavy atom. The van der Waals surface area contributed by atoms with Gasteiger partial charge in [-0.15, -0.1) is 0 Å². The molecule has 0 aromatic heterocycles. The third-order valence-electron chi connectivity index (χ3n) is 3.92. The lowest BCUT2D eigenvalue weighted by atomic mass is 10.1. The van der Waals surface area contributed by atoms with Gasteiger partial charge in [-0.05, 0) is 18.6 Å². The summed E-state index contributed by atoms with van der Waals surface area (Å²) < 4.78 is 40.0. The van der Waals surface area contributed by atoms with Crippen molar-refractivity contribution < 1.29 is 32.0 Å². The molecule has 8 heteroatoms. The molecule has 0 aliphatic rings. The molecule has 1 rings (SSSR count). The van der Waals surface area contributed by atoms with Crippen LogP contribution in [0, 0.1) is 0 Å². The van der Waals surface area contributed by atoms with Gasteiger partial charge in [0.1, 0.15) is 12.4 Å². The summed E-state index contributed by atoms with van der Waals surface area (Å²) >= 11 is 0. The first-order valence-corrected chi connectivity index (χ1v) is 10.8. The average molecular weight is 400 g/mol. The third-order valence-corrected chi connectivity index (χ3v) is 4.60. The first-order valence-electron chi connectivity index (χ1n) is 9.23. The second-order valence-electron chi connectivity index (χ2n) is 6.22. The highest BCUT2D eigenvalue weighted by molar-refractivity contribution is 7.85. The molecule has 1 N–H and O–H groups in total. The van der Waals surface area contributed by atoms with Crippen LogP contribution in [-0.4, -0.2) is 43.9 Å². The zero-order valence-electron chi connectivity index (χ0n) is 15.7. The lowest BCUT2D eigenvalue weighted by molar-refractivity contribution is 0.0463. The van der Waals surface area contributed by atoms with E-state index in [4.69, 9.17) is 14.0 Å². The highest BCUT2D eigenvalue weighted by atomic mass is 32.2. The first kappa shape index (κ1) is 23.1. The molecule has 0 fully saturated rings. The number of unbranched alkanes of at least 4 members (excludes halogenated alkanes) is 6. The van der Waals surface area contributed by atoms with Gasteiger partial charge in [-0.2, -0.15) is 8.42 Å². The fourth-order valence-electron chi connectivity index (χ4n) is 2.46. The highest BCUT2D eigenvalue weighted by Crippen LogP contribution is 2.13. The van der Waals surface area contributed by atoms with E-state index in [9.17, 15) is 18.0 Å². The quantitative estimate of drug-likeness (QED) is 0.306. The maximum Gasteiger partial charge on any atom is 0.339 e. The molecule has 0 aliphatic heterocycles. The van der Waals surface area contributed by atoms with Gasteiger partial charge in [-0.1, -0.05) is 57.6 Å². The minimum absolute atomic E-state index is 0.00240. The number of benzene rings is 1. The molecule has 0 bridgehead atoms. The molecule has 27 heavy (non-hydrogen) atoms. The molecule has 1 aromatic rings. The van der Waals surface area contributed by atoms with Crippen molar-refractivity contribution in [1.29, 1.82) is 0 Å². The van der Waals surface area contributed by atoms with Crippen LogP contribution in [-0.2, 0) is 19.6 Å². The van der Waals surface area contributed by atoms with E-state index in [2.05, 4.69) is 6.92 Å². The molecular formula is C19H28O7S. The van der Waals surface area contributed by atoms with E-state index in [0.29, 0.717) is 0 Å². The van der Waals surface area contributed by atoms with Crippen LogP contribution in [0.5, 0.6) is 0 Å². The van der Waals surface area contributed by atoms with Crippen molar-refractivity contribution >= 4 is 22.1 Å². The molecule has 7 nitrogen and oxygen atoms in total. The van der Waals surface area contributed by atoms with Crippen LogP contribution in [0.2, 0.25) is 0 Å². The number of hydrogen-bond donors (Lipinski definition) is 1. The summed E-state index contributed by atoms with van der Waals surface area (Å²) in [6, 6.07) is 6.01. The van der Waals surface area contributed by atoms with E-state index in [-0.39, 0.29) is 17.7 Å². The standard InChI is InChI=1S/C19H28O7S/c1-2-3-4-5-6-7-10-13-25-18(20)16-11-8-9-12-17(16)19(21)26-14-15-27(22,23)24/h8-9,11-12H,2-7,10,13-15H2,1H3,(H,22,23,24). The maximum absolute atomic E-state index is 12.2. The number of hydrogen-bond acceptors (Lipinski definition) is 6. The van der Waals surface area contributed by atoms with Crippen molar-refractivity contribution in [2.24, 2.45) is 0 Å². The number of ether oxygens (including phenoxy) is 2. The molecule has 0 unspecified atom stereocenters. The number of carbonyl (C=O) groups excluding carboxylic acids is 2. The van der Waals surface area contributed by atoms with E-state index >= 15 is 0 Å². The molecule has 0 amide bonds. The zero-order chi connectivity index (χ0) is 20.1. The summed E-state index contributed by atoms with van der Waals surface area (Å²) in [7, 11) is -4.22. The number of esters is 2. The Kier molecular flexibility index (Phi) is 10.7. The summed E-state index contributed by atoms with van der Waals surface area (Å²) in [6.45, 7) is 1.94. The average Bonchev–Trinajstić information content (AvgIpc) is 2.62. The van der Waals surface area contributed by atoms with Crippen molar-refractivity contribution in [2.75, 3.05) is 19.0 Å². The van der Waals surface area contributed by atoms with E-state index in [1.807, 2.05) is 0 Å². The monoisotopic (exact) mass is 400 g/mol. The summed E-state index contributed by atoms with van der Waals surface area (Å²) in [6.07, 6.45) is 7.70. The lowest BCUT2D eigenvalue weighted by Crippen LogP contribution is -2.18. The smallest absolute Gasteiger partial charge is 0.339 e. The fraction of sp³-hybridized carbons (Fsp3) is 0.579. The van der Waals surface area contributed by atoms with E-state index in [1.165, 1.54) is 37.8 Å². The Labute approximate surface area is 160 Å². The first-order chi connectivity index (χ1) is 12.8. The highest BCUT2D eigenvalue weighted by Gasteiger charge is 2.19. The van der Waals surface area contributed by atoms with Crippen LogP contribution < -0.4 is 0 Å². The van der Waals surface area contributed by atoms with Crippen LogP contribution in [0.4, 0.5) is 0 Å². The summed E-state index contributed by atoms with van der Waals surface area (Å²) in [5.74, 6) is -2.17. The Morgan fingerprint density at radius 1 is 0.852 bits per heavy atom. The molecule has 0 radical (unpaired) electrons. The summed E-state index contributed by atoms with van der Waals surface area (Å²) in [5.41, 5.74) is 0.0645. The van der Waals surface area contributed by atoms with E-state index in [0.717, 1.165) is 19.3 Å². The number of carbonyl (C=O) groups is 2. The van der Waals surface area contributed by atoms with Gasteiger partial charge in [0.2, 0.25) is 0 Å². The Morgan fingerprint density at radius 2 is 1.33 bits per heavy atom. The van der Waals surface area contributed by atoms with Gasteiger partial charge in [0.25, 0.3) is 10.1 Å². The van der Waals surface area contributed by atoms with Crippen molar-refractivity contribution in [3.8, 4) is 0 Å². The predicted octanol–water partition coefficient (Wildman–Crippen LogP) is 3.64. The van der Waals surface area contributed by atoms with Gasteiger partial charge >= 0.3 is 11.9 Å². The van der Waals surface area contributed by atoms with Gasteiger partial charge in [0.15, 0.2) is 0 Å². The lowest BCUT2D eigenvalue weighted by Gasteiger charge is -2.09. The van der Waals surface area contributed by atoms with Crippen LogP contribution in [0.25, 0.3) is 0 Å².